The van der Waals surface area contributed by atoms with Crippen molar-refractivity contribution in [3.05, 3.63) is 29.9 Å². The Bertz CT molecular complexity index is 619. The van der Waals surface area contributed by atoms with E-state index in [1.54, 1.807) is 0 Å². The van der Waals surface area contributed by atoms with Crippen LogP contribution in [-0.4, -0.2) is 48.2 Å². The van der Waals surface area contributed by atoms with Crippen LogP contribution in [0.1, 0.15) is 41.9 Å². The van der Waals surface area contributed by atoms with Crippen molar-refractivity contribution >= 4 is 11.9 Å². The quantitative estimate of drug-likeness (QED) is 0.595. The van der Waals surface area contributed by atoms with Crippen LogP contribution in [0, 0.1) is 0 Å². The van der Waals surface area contributed by atoms with Crippen molar-refractivity contribution in [1.29, 1.82) is 0 Å². The number of hydrogen-bond donors (Lipinski definition) is 4. The topological polar surface area (TPSA) is 137 Å². The van der Waals surface area contributed by atoms with Crippen LogP contribution in [0.2, 0.25) is 0 Å². The molecule has 0 bridgehead atoms. The van der Waals surface area contributed by atoms with Crippen LogP contribution in [-0.2, 0) is 11.2 Å². The number of amides is 1. The number of carboxylic acid groups (broad SMARTS) is 1. The molecule has 1 amide bonds. The average Bonchev–Trinajstić information content (AvgIpc) is 3.08. The summed E-state index contributed by atoms with van der Waals surface area (Å²) < 4.78 is 0. The van der Waals surface area contributed by atoms with E-state index < -0.39 is 17.9 Å². The minimum atomic E-state index is -1.14. The van der Waals surface area contributed by atoms with Crippen LogP contribution in [0.3, 0.4) is 0 Å². The summed E-state index contributed by atoms with van der Waals surface area (Å²) in [7, 11) is 0. The number of aromatic amines is 2. The second-order valence-electron chi connectivity index (χ2n) is 4.84. The number of carbonyl (C=O) groups excluding carboxylic acids is 1. The third kappa shape index (κ3) is 3.65. The highest BCUT2D eigenvalue weighted by molar-refractivity contribution is 5.93. The molecule has 9 nitrogen and oxygen atoms in total. The van der Waals surface area contributed by atoms with Crippen molar-refractivity contribution < 1.29 is 14.7 Å². The zero-order valence-electron chi connectivity index (χ0n) is 11.6. The molecular formula is C12H16N6O3. The molecule has 0 fully saturated rings. The lowest BCUT2D eigenvalue weighted by molar-refractivity contribution is -0.139. The molecule has 1 atom stereocenters. The van der Waals surface area contributed by atoms with Gasteiger partial charge in [0, 0.05) is 24.2 Å². The van der Waals surface area contributed by atoms with E-state index in [9.17, 15) is 9.59 Å². The summed E-state index contributed by atoms with van der Waals surface area (Å²) >= 11 is 0. The maximum absolute atomic E-state index is 12.0. The van der Waals surface area contributed by atoms with Gasteiger partial charge in [0.2, 0.25) is 5.82 Å². The Labute approximate surface area is 120 Å². The fraction of sp³-hybridized carbons (Fsp3) is 0.417. The van der Waals surface area contributed by atoms with Crippen LogP contribution in [0.25, 0.3) is 0 Å². The number of imidazole rings is 1. The summed E-state index contributed by atoms with van der Waals surface area (Å²) in [6.45, 7) is 3.81. The molecule has 4 N–H and O–H groups in total. The SMILES string of the molecule is CC(C)c1nc(C(=O)NC(Cc2cnc[nH]2)C(=O)O)n[nH]1. The normalized spacial score (nSPS) is 12.3. The summed E-state index contributed by atoms with van der Waals surface area (Å²) in [5.41, 5.74) is 0.612. The maximum Gasteiger partial charge on any atom is 0.326 e. The predicted octanol–water partition coefficient (Wildman–Crippen LogP) is 0.0769. The second-order valence-corrected chi connectivity index (χ2v) is 4.84. The molecule has 2 heterocycles. The van der Waals surface area contributed by atoms with Gasteiger partial charge in [-0.2, -0.15) is 0 Å². The van der Waals surface area contributed by atoms with Crippen molar-refractivity contribution in [2.24, 2.45) is 0 Å². The Hall–Kier alpha value is -2.71. The average molecular weight is 292 g/mol. The molecule has 0 saturated heterocycles. The van der Waals surface area contributed by atoms with Crippen molar-refractivity contribution in [1.82, 2.24) is 30.5 Å². The van der Waals surface area contributed by atoms with Gasteiger partial charge in [0.25, 0.3) is 5.91 Å². The number of aliphatic carboxylic acids is 1. The summed E-state index contributed by atoms with van der Waals surface area (Å²) in [4.78, 5) is 33.8. The largest absolute Gasteiger partial charge is 0.480 e. The molecule has 2 rings (SSSR count). The number of carboxylic acids is 1. The summed E-state index contributed by atoms with van der Waals surface area (Å²) in [6.07, 6.45) is 3.05. The van der Waals surface area contributed by atoms with E-state index in [-0.39, 0.29) is 18.2 Å². The first-order valence-corrected chi connectivity index (χ1v) is 6.40. The van der Waals surface area contributed by atoms with E-state index in [1.165, 1.54) is 12.5 Å². The molecule has 0 radical (unpaired) electrons. The lowest BCUT2D eigenvalue weighted by Crippen LogP contribution is -2.42. The van der Waals surface area contributed by atoms with Gasteiger partial charge in [-0.05, 0) is 0 Å². The van der Waals surface area contributed by atoms with E-state index in [1.807, 2.05) is 13.8 Å². The number of H-pyrrole nitrogens is 2. The van der Waals surface area contributed by atoms with Crippen LogP contribution in [0.4, 0.5) is 0 Å². The lowest BCUT2D eigenvalue weighted by atomic mass is 10.1. The Morgan fingerprint density at radius 1 is 1.43 bits per heavy atom. The highest BCUT2D eigenvalue weighted by atomic mass is 16.4. The highest BCUT2D eigenvalue weighted by Crippen LogP contribution is 2.08. The summed E-state index contributed by atoms with van der Waals surface area (Å²) in [5.74, 6) is -1.18. The minimum absolute atomic E-state index is 0.0745. The van der Waals surface area contributed by atoms with Crippen molar-refractivity contribution in [3.63, 3.8) is 0 Å². The van der Waals surface area contributed by atoms with E-state index >= 15 is 0 Å². The smallest absolute Gasteiger partial charge is 0.326 e. The predicted molar refractivity (Wildman–Crippen MR) is 71.7 cm³/mol. The first kappa shape index (κ1) is 14.7. The first-order chi connectivity index (χ1) is 9.97. The lowest BCUT2D eigenvalue weighted by Gasteiger charge is -2.12. The van der Waals surface area contributed by atoms with E-state index in [4.69, 9.17) is 5.11 Å². The Balaban J connectivity index is 2.05. The van der Waals surface area contributed by atoms with Gasteiger partial charge >= 0.3 is 5.97 Å². The second kappa shape index (κ2) is 6.16. The third-order valence-electron chi connectivity index (χ3n) is 2.83. The fourth-order valence-electron chi connectivity index (χ4n) is 1.67. The Morgan fingerprint density at radius 3 is 2.71 bits per heavy atom. The molecule has 21 heavy (non-hydrogen) atoms. The Kier molecular flexibility index (Phi) is 4.31. The van der Waals surface area contributed by atoms with E-state index in [0.29, 0.717) is 11.5 Å². The first-order valence-electron chi connectivity index (χ1n) is 6.40. The van der Waals surface area contributed by atoms with E-state index in [0.717, 1.165) is 0 Å². The molecular weight excluding hydrogens is 276 g/mol. The van der Waals surface area contributed by atoms with Crippen LogP contribution < -0.4 is 5.32 Å². The standard InChI is InChI=1S/C12H16N6O3/c1-6(2)9-16-10(18-17-9)11(19)15-8(12(20)21)3-7-4-13-5-14-7/h4-6,8H,3H2,1-2H3,(H,13,14)(H,15,19)(H,20,21)(H,16,17,18). The van der Waals surface area contributed by atoms with Crippen LogP contribution >= 0.6 is 0 Å². The molecule has 0 saturated carbocycles. The van der Waals surface area contributed by atoms with Gasteiger partial charge in [0.15, 0.2) is 0 Å². The van der Waals surface area contributed by atoms with Gasteiger partial charge in [-0.15, -0.1) is 5.10 Å². The van der Waals surface area contributed by atoms with E-state index in [2.05, 4.69) is 30.5 Å². The molecule has 0 aliphatic heterocycles. The molecule has 112 valence electrons. The van der Waals surface area contributed by atoms with Crippen molar-refractivity contribution in [2.75, 3.05) is 0 Å². The molecule has 0 aromatic carbocycles. The number of nitrogens with zero attached hydrogens (tertiary/aromatic N) is 3. The number of carbonyl (C=O) groups is 2. The molecule has 2 aromatic rings. The van der Waals surface area contributed by atoms with Crippen LogP contribution in [0.15, 0.2) is 12.5 Å². The molecule has 9 heteroatoms. The number of aromatic nitrogens is 5. The van der Waals surface area contributed by atoms with Gasteiger partial charge in [-0.25, -0.2) is 14.8 Å². The number of rotatable bonds is 6. The zero-order chi connectivity index (χ0) is 15.4. The third-order valence-corrected chi connectivity index (χ3v) is 2.83. The van der Waals surface area contributed by atoms with Crippen molar-refractivity contribution in [2.45, 2.75) is 32.2 Å². The van der Waals surface area contributed by atoms with Gasteiger partial charge in [0.05, 0.1) is 6.33 Å². The summed E-state index contributed by atoms with van der Waals surface area (Å²) in [6, 6.07) is -1.08. The highest BCUT2D eigenvalue weighted by Gasteiger charge is 2.24. The van der Waals surface area contributed by atoms with Crippen LogP contribution in [0.5, 0.6) is 0 Å². The molecule has 0 aliphatic rings. The van der Waals surface area contributed by atoms with Crippen molar-refractivity contribution in [3.8, 4) is 0 Å². The van der Waals surface area contributed by atoms with Gasteiger partial charge in [-0.1, -0.05) is 13.8 Å². The molecule has 0 aliphatic carbocycles. The van der Waals surface area contributed by atoms with Gasteiger partial charge in [0.1, 0.15) is 11.9 Å². The van der Waals surface area contributed by atoms with Gasteiger partial charge < -0.3 is 15.4 Å². The van der Waals surface area contributed by atoms with Gasteiger partial charge in [-0.3, -0.25) is 9.89 Å². The fourth-order valence-corrected chi connectivity index (χ4v) is 1.67. The summed E-state index contributed by atoms with van der Waals surface area (Å²) in [5, 5.41) is 18.0. The monoisotopic (exact) mass is 292 g/mol. The molecule has 0 spiro atoms. The minimum Gasteiger partial charge on any atom is -0.480 e. The number of hydrogen-bond acceptors (Lipinski definition) is 5. The maximum atomic E-state index is 12.0. The molecule has 1 unspecified atom stereocenters. The number of nitrogens with one attached hydrogen (secondary N) is 3. The Morgan fingerprint density at radius 2 is 2.19 bits per heavy atom. The molecule has 2 aromatic heterocycles. The zero-order valence-corrected chi connectivity index (χ0v) is 11.6.